The van der Waals surface area contributed by atoms with Gasteiger partial charge in [-0.25, -0.2) is 0 Å². The van der Waals surface area contributed by atoms with E-state index in [0.717, 1.165) is 10.6 Å². The molecule has 0 N–H and O–H groups in total. The molecule has 0 unspecified atom stereocenters. The molecule has 0 aromatic heterocycles. The molecule has 0 aliphatic carbocycles. The average molecular weight is 471 g/mol. The number of para-hydroxylation sites is 1. The molecule has 0 bridgehead atoms. The van der Waals surface area contributed by atoms with Gasteiger partial charge < -0.3 is 9.47 Å². The van der Waals surface area contributed by atoms with Gasteiger partial charge in [0.2, 0.25) is 5.75 Å². The van der Waals surface area contributed by atoms with Crippen LogP contribution in [0.5, 0.6) is 23.0 Å². The maximum Gasteiger partial charge on any atom is 0.313 e. The van der Waals surface area contributed by atoms with E-state index in [1.807, 2.05) is 6.92 Å². The summed E-state index contributed by atoms with van der Waals surface area (Å²) in [5.74, 6) is 1.54. The molecule has 5 nitrogen and oxygen atoms in total. The number of thioether (sulfide) groups is 1. The standard InChI is InChI=1S/C20H14Cl3NO4S/c1-2-29-18-11-13(21)17(10-14(18)22)28-16-9-8-15(24(25)26)20(19(16)23)27-12-6-4-3-5-7-12/h3-11H,2H2,1H3. The van der Waals surface area contributed by atoms with Gasteiger partial charge in [0, 0.05) is 17.0 Å². The van der Waals surface area contributed by atoms with E-state index in [9.17, 15) is 10.1 Å². The molecule has 0 spiro atoms. The number of hydrogen-bond donors (Lipinski definition) is 0. The summed E-state index contributed by atoms with van der Waals surface area (Å²) in [4.78, 5) is 11.7. The summed E-state index contributed by atoms with van der Waals surface area (Å²) in [6.45, 7) is 2.00. The number of nitro benzene ring substituents is 1. The van der Waals surface area contributed by atoms with Crippen LogP contribution in [0.4, 0.5) is 5.69 Å². The zero-order chi connectivity index (χ0) is 21.0. The van der Waals surface area contributed by atoms with Crippen molar-refractivity contribution in [3.63, 3.8) is 0 Å². The molecule has 0 heterocycles. The summed E-state index contributed by atoms with van der Waals surface area (Å²) in [6.07, 6.45) is 0. The maximum atomic E-state index is 11.4. The molecular weight excluding hydrogens is 457 g/mol. The topological polar surface area (TPSA) is 61.6 Å². The lowest BCUT2D eigenvalue weighted by Gasteiger charge is -2.14. The van der Waals surface area contributed by atoms with Crippen LogP contribution in [0.25, 0.3) is 0 Å². The number of nitrogens with zero attached hydrogens (tertiary/aromatic N) is 1. The molecule has 0 aliphatic heterocycles. The van der Waals surface area contributed by atoms with Crippen LogP contribution < -0.4 is 9.47 Å². The van der Waals surface area contributed by atoms with Crippen molar-refractivity contribution in [2.24, 2.45) is 0 Å². The van der Waals surface area contributed by atoms with Crippen molar-refractivity contribution in [1.29, 1.82) is 0 Å². The predicted molar refractivity (Wildman–Crippen MR) is 118 cm³/mol. The third-order valence-electron chi connectivity index (χ3n) is 3.71. The zero-order valence-electron chi connectivity index (χ0n) is 15.0. The Morgan fingerprint density at radius 1 is 0.966 bits per heavy atom. The third-order valence-corrected chi connectivity index (χ3v) is 5.72. The van der Waals surface area contributed by atoms with E-state index in [2.05, 4.69) is 0 Å². The number of benzene rings is 3. The third kappa shape index (κ3) is 5.08. The van der Waals surface area contributed by atoms with Crippen molar-refractivity contribution in [1.82, 2.24) is 0 Å². The van der Waals surface area contributed by atoms with E-state index in [0.29, 0.717) is 15.8 Å². The van der Waals surface area contributed by atoms with Crippen LogP contribution >= 0.6 is 46.6 Å². The van der Waals surface area contributed by atoms with Crippen molar-refractivity contribution in [3.05, 3.63) is 79.8 Å². The summed E-state index contributed by atoms with van der Waals surface area (Å²) in [5, 5.41) is 12.2. The Balaban J connectivity index is 2.00. The maximum absolute atomic E-state index is 11.4. The molecule has 0 atom stereocenters. The van der Waals surface area contributed by atoms with Gasteiger partial charge in [0.1, 0.15) is 22.3 Å². The zero-order valence-corrected chi connectivity index (χ0v) is 18.1. The molecule has 3 rings (SSSR count). The molecule has 0 radical (unpaired) electrons. The van der Waals surface area contributed by atoms with Gasteiger partial charge in [-0.15, -0.1) is 11.8 Å². The highest BCUT2D eigenvalue weighted by Crippen LogP contribution is 2.46. The average Bonchev–Trinajstić information content (AvgIpc) is 2.69. The fraction of sp³-hybridized carbons (Fsp3) is 0.100. The number of rotatable bonds is 7. The highest BCUT2D eigenvalue weighted by molar-refractivity contribution is 7.99. The van der Waals surface area contributed by atoms with E-state index < -0.39 is 4.92 Å². The highest BCUT2D eigenvalue weighted by atomic mass is 35.5. The molecule has 9 heteroatoms. The smallest absolute Gasteiger partial charge is 0.313 e. The van der Waals surface area contributed by atoms with Crippen molar-refractivity contribution in [3.8, 4) is 23.0 Å². The second-order valence-electron chi connectivity index (χ2n) is 5.65. The lowest BCUT2D eigenvalue weighted by Crippen LogP contribution is -1.96. The molecule has 0 saturated heterocycles. The van der Waals surface area contributed by atoms with Crippen molar-refractivity contribution in [2.45, 2.75) is 11.8 Å². The van der Waals surface area contributed by atoms with Crippen LogP contribution in [0, 0.1) is 10.1 Å². The minimum absolute atomic E-state index is 0.0535. The Bertz CT molecular complexity index is 1050. The number of ether oxygens (including phenoxy) is 2. The monoisotopic (exact) mass is 469 g/mol. The Morgan fingerprint density at radius 2 is 1.69 bits per heavy atom. The van der Waals surface area contributed by atoms with E-state index in [4.69, 9.17) is 44.3 Å². The lowest BCUT2D eigenvalue weighted by molar-refractivity contribution is -0.385. The first-order chi connectivity index (χ1) is 13.9. The lowest BCUT2D eigenvalue weighted by atomic mass is 10.2. The van der Waals surface area contributed by atoms with Crippen LogP contribution in [0.2, 0.25) is 15.1 Å². The Kier molecular flexibility index (Phi) is 7.14. The van der Waals surface area contributed by atoms with Crippen LogP contribution in [0.3, 0.4) is 0 Å². The van der Waals surface area contributed by atoms with Gasteiger partial charge in [-0.3, -0.25) is 10.1 Å². The first kappa shape index (κ1) is 21.6. The Labute approximate surface area is 186 Å². The van der Waals surface area contributed by atoms with Crippen LogP contribution in [-0.2, 0) is 0 Å². The summed E-state index contributed by atoms with van der Waals surface area (Å²) in [5.41, 5.74) is -0.287. The Hall–Kier alpha value is -2.12. The van der Waals surface area contributed by atoms with Crippen molar-refractivity contribution in [2.75, 3.05) is 5.75 Å². The van der Waals surface area contributed by atoms with E-state index in [1.54, 1.807) is 54.2 Å². The van der Waals surface area contributed by atoms with Gasteiger partial charge >= 0.3 is 5.69 Å². The van der Waals surface area contributed by atoms with Crippen LogP contribution in [-0.4, -0.2) is 10.7 Å². The van der Waals surface area contributed by atoms with Gasteiger partial charge in [0.05, 0.1) is 15.0 Å². The van der Waals surface area contributed by atoms with Gasteiger partial charge in [0.25, 0.3) is 0 Å². The number of nitro groups is 1. The molecule has 0 amide bonds. The van der Waals surface area contributed by atoms with Gasteiger partial charge in [0.15, 0.2) is 0 Å². The summed E-state index contributed by atoms with van der Waals surface area (Å²) < 4.78 is 11.5. The predicted octanol–water partition coefficient (Wildman–Crippen LogP) is 8.25. The fourth-order valence-corrected chi connectivity index (χ4v) is 3.96. The Morgan fingerprint density at radius 3 is 2.34 bits per heavy atom. The second-order valence-corrected chi connectivity index (χ2v) is 8.14. The molecular formula is C20H14Cl3NO4S. The normalized spacial score (nSPS) is 10.6. The summed E-state index contributed by atoms with van der Waals surface area (Å²) in [7, 11) is 0. The molecule has 3 aromatic carbocycles. The van der Waals surface area contributed by atoms with Crippen LogP contribution in [0.15, 0.2) is 59.5 Å². The molecule has 29 heavy (non-hydrogen) atoms. The SMILES string of the molecule is CCSc1cc(Cl)c(Oc2ccc([N+](=O)[O-])c(Oc3ccccc3)c2Cl)cc1Cl. The first-order valence-electron chi connectivity index (χ1n) is 8.40. The second kappa shape index (κ2) is 9.59. The minimum Gasteiger partial charge on any atom is -0.454 e. The summed E-state index contributed by atoms with van der Waals surface area (Å²) >= 11 is 20.5. The first-order valence-corrected chi connectivity index (χ1v) is 10.5. The van der Waals surface area contributed by atoms with E-state index in [-0.39, 0.29) is 28.0 Å². The minimum atomic E-state index is -0.575. The quantitative estimate of drug-likeness (QED) is 0.197. The number of halogens is 3. The van der Waals surface area contributed by atoms with Crippen molar-refractivity contribution < 1.29 is 14.4 Å². The van der Waals surface area contributed by atoms with E-state index in [1.165, 1.54) is 12.1 Å². The molecule has 3 aromatic rings. The largest absolute Gasteiger partial charge is 0.454 e. The molecule has 0 aliphatic rings. The summed E-state index contributed by atoms with van der Waals surface area (Å²) in [6, 6.07) is 14.5. The van der Waals surface area contributed by atoms with Crippen LogP contribution in [0.1, 0.15) is 6.92 Å². The molecule has 0 fully saturated rings. The fourth-order valence-electron chi connectivity index (χ4n) is 2.43. The van der Waals surface area contributed by atoms with Crippen molar-refractivity contribution >= 4 is 52.3 Å². The van der Waals surface area contributed by atoms with E-state index >= 15 is 0 Å². The highest BCUT2D eigenvalue weighted by Gasteiger charge is 2.24. The number of hydrogen-bond acceptors (Lipinski definition) is 5. The van der Waals surface area contributed by atoms with Gasteiger partial charge in [-0.05, 0) is 30.0 Å². The molecule has 150 valence electrons. The van der Waals surface area contributed by atoms with Gasteiger partial charge in [-0.2, -0.15) is 0 Å². The van der Waals surface area contributed by atoms with Gasteiger partial charge in [-0.1, -0.05) is 59.9 Å². The molecule has 0 saturated carbocycles.